The second-order valence-electron chi connectivity index (χ2n) is 11.2. The molecule has 5 aromatic rings. The van der Waals surface area contributed by atoms with Gasteiger partial charge in [0.05, 0.1) is 0 Å². The molecule has 1 aliphatic rings. The largest absolute Gasteiger partial charge is 0.355 e. The number of rotatable bonds is 7. The summed E-state index contributed by atoms with van der Waals surface area (Å²) in [5.41, 5.74) is 14.7. The fourth-order valence-corrected chi connectivity index (χ4v) is 6.01. The van der Waals surface area contributed by atoms with Crippen LogP contribution in [-0.4, -0.2) is 0 Å². The molecule has 0 spiro atoms. The van der Waals surface area contributed by atoms with E-state index in [1.54, 1.807) is 0 Å². The number of hydrogen-bond acceptors (Lipinski definition) is 1. The highest BCUT2D eigenvalue weighted by Crippen LogP contribution is 2.49. The van der Waals surface area contributed by atoms with Gasteiger partial charge in [-0.15, -0.1) is 0 Å². The molecule has 0 aliphatic heterocycles. The van der Waals surface area contributed by atoms with Crippen LogP contribution in [0.1, 0.15) is 37.5 Å². The van der Waals surface area contributed by atoms with Crippen LogP contribution in [0, 0.1) is 0 Å². The number of allylic oxidation sites excluding steroid dienone is 5. The summed E-state index contributed by atoms with van der Waals surface area (Å²) in [4.78, 5) is 0. The molecule has 0 saturated heterocycles. The third kappa shape index (κ3) is 5.08. The van der Waals surface area contributed by atoms with Crippen molar-refractivity contribution >= 4 is 16.9 Å². The van der Waals surface area contributed by atoms with Gasteiger partial charge >= 0.3 is 0 Å². The SMILES string of the molecule is C=C/C=C(\C=C/C)c1cc(Nc2ccc(-c3ccc4c(c3)C(C)(C)c3ccccc3-4)cc2)cc(-c2ccccc2)c1. The van der Waals surface area contributed by atoms with Gasteiger partial charge in [-0.1, -0.05) is 124 Å². The van der Waals surface area contributed by atoms with E-state index in [1.165, 1.54) is 44.5 Å². The smallest absolute Gasteiger partial charge is 0.0396 e. The predicted octanol–water partition coefficient (Wildman–Crippen LogP) is 11.2. The highest BCUT2D eigenvalue weighted by molar-refractivity contribution is 5.85. The molecule has 1 aliphatic carbocycles. The molecular weight excluding hydrogens is 494 g/mol. The summed E-state index contributed by atoms with van der Waals surface area (Å²) in [6.45, 7) is 10.6. The lowest BCUT2D eigenvalue weighted by Gasteiger charge is -2.22. The molecule has 0 bridgehead atoms. The second kappa shape index (κ2) is 10.9. The Bertz CT molecular complexity index is 1780. The van der Waals surface area contributed by atoms with Crippen molar-refractivity contribution in [1.29, 1.82) is 0 Å². The number of fused-ring (bicyclic) bond motifs is 3. The molecule has 41 heavy (non-hydrogen) atoms. The molecule has 0 fully saturated rings. The molecule has 0 heterocycles. The van der Waals surface area contributed by atoms with Crippen LogP contribution in [0.15, 0.2) is 146 Å². The molecule has 0 amide bonds. The van der Waals surface area contributed by atoms with Crippen molar-refractivity contribution in [2.45, 2.75) is 26.2 Å². The first kappa shape index (κ1) is 26.3. The van der Waals surface area contributed by atoms with Crippen molar-refractivity contribution in [3.05, 3.63) is 163 Å². The summed E-state index contributed by atoms with van der Waals surface area (Å²) in [5, 5.41) is 3.66. The summed E-state index contributed by atoms with van der Waals surface area (Å²) >= 11 is 0. The van der Waals surface area contributed by atoms with Gasteiger partial charge in [-0.2, -0.15) is 0 Å². The number of anilines is 2. The molecule has 0 unspecified atom stereocenters. The Labute approximate surface area is 244 Å². The van der Waals surface area contributed by atoms with Crippen LogP contribution >= 0.6 is 0 Å². The van der Waals surface area contributed by atoms with Crippen molar-refractivity contribution in [3.63, 3.8) is 0 Å². The summed E-state index contributed by atoms with van der Waals surface area (Å²) < 4.78 is 0. The first-order chi connectivity index (χ1) is 20.0. The van der Waals surface area contributed by atoms with E-state index in [1.807, 2.05) is 13.0 Å². The lowest BCUT2D eigenvalue weighted by molar-refractivity contribution is 0.660. The third-order valence-electron chi connectivity index (χ3n) is 8.11. The Balaban J connectivity index is 1.31. The van der Waals surface area contributed by atoms with Gasteiger partial charge in [0, 0.05) is 16.8 Å². The maximum absolute atomic E-state index is 3.92. The van der Waals surface area contributed by atoms with Crippen LogP contribution in [0.25, 0.3) is 39.0 Å². The minimum absolute atomic E-state index is 0.00320. The average molecular weight is 530 g/mol. The van der Waals surface area contributed by atoms with Crippen molar-refractivity contribution in [2.75, 3.05) is 5.32 Å². The van der Waals surface area contributed by atoms with Gasteiger partial charge in [-0.05, 0) is 99.0 Å². The maximum Gasteiger partial charge on any atom is 0.0396 e. The number of nitrogens with one attached hydrogen (secondary N) is 1. The van der Waals surface area contributed by atoms with Crippen molar-refractivity contribution in [2.24, 2.45) is 0 Å². The minimum Gasteiger partial charge on any atom is -0.355 e. The first-order valence-electron chi connectivity index (χ1n) is 14.3. The topological polar surface area (TPSA) is 12.0 Å². The quantitative estimate of drug-likeness (QED) is 0.207. The van der Waals surface area contributed by atoms with E-state index in [4.69, 9.17) is 0 Å². The van der Waals surface area contributed by atoms with E-state index in [9.17, 15) is 0 Å². The van der Waals surface area contributed by atoms with E-state index in [0.717, 1.165) is 22.5 Å². The molecule has 0 aromatic heterocycles. The summed E-state index contributed by atoms with van der Waals surface area (Å²) in [6.07, 6.45) is 8.09. The zero-order chi connectivity index (χ0) is 28.4. The lowest BCUT2D eigenvalue weighted by atomic mass is 9.81. The minimum atomic E-state index is -0.00320. The van der Waals surface area contributed by atoms with Gasteiger partial charge in [0.15, 0.2) is 0 Å². The molecule has 5 aromatic carbocycles. The highest BCUT2D eigenvalue weighted by Gasteiger charge is 2.35. The fourth-order valence-electron chi connectivity index (χ4n) is 6.01. The molecule has 0 radical (unpaired) electrons. The van der Waals surface area contributed by atoms with E-state index >= 15 is 0 Å². The van der Waals surface area contributed by atoms with Crippen LogP contribution in [0.5, 0.6) is 0 Å². The molecule has 1 nitrogen and oxygen atoms in total. The Morgan fingerprint density at radius 1 is 0.634 bits per heavy atom. The van der Waals surface area contributed by atoms with E-state index < -0.39 is 0 Å². The summed E-state index contributed by atoms with van der Waals surface area (Å²) in [5.74, 6) is 0. The normalized spacial score (nSPS) is 13.6. The van der Waals surface area contributed by atoms with Crippen LogP contribution in [0.3, 0.4) is 0 Å². The van der Waals surface area contributed by atoms with Gasteiger partial charge < -0.3 is 5.32 Å². The highest BCUT2D eigenvalue weighted by atomic mass is 14.9. The Hall–Kier alpha value is -4.88. The van der Waals surface area contributed by atoms with Crippen molar-refractivity contribution in [3.8, 4) is 33.4 Å². The molecule has 0 saturated carbocycles. The Kier molecular flexibility index (Phi) is 7.03. The molecule has 1 heteroatoms. The lowest BCUT2D eigenvalue weighted by Crippen LogP contribution is -2.14. The van der Waals surface area contributed by atoms with Gasteiger partial charge in [-0.25, -0.2) is 0 Å². The van der Waals surface area contributed by atoms with E-state index in [0.29, 0.717) is 0 Å². The van der Waals surface area contributed by atoms with Crippen LogP contribution < -0.4 is 5.32 Å². The van der Waals surface area contributed by atoms with Crippen LogP contribution in [-0.2, 0) is 5.41 Å². The second-order valence-corrected chi connectivity index (χ2v) is 11.2. The zero-order valence-corrected chi connectivity index (χ0v) is 24.0. The van der Waals surface area contributed by atoms with Gasteiger partial charge in [0.1, 0.15) is 0 Å². The number of hydrogen-bond donors (Lipinski definition) is 1. The van der Waals surface area contributed by atoms with Crippen molar-refractivity contribution in [1.82, 2.24) is 0 Å². The average Bonchev–Trinajstić information content (AvgIpc) is 3.24. The zero-order valence-electron chi connectivity index (χ0n) is 24.0. The monoisotopic (exact) mass is 529 g/mol. The van der Waals surface area contributed by atoms with Gasteiger partial charge in [0.25, 0.3) is 0 Å². The molecule has 1 N–H and O–H groups in total. The molecule has 6 rings (SSSR count). The molecular formula is C40H35N. The molecule has 0 atom stereocenters. The maximum atomic E-state index is 3.92. The summed E-state index contributed by atoms with van der Waals surface area (Å²) in [7, 11) is 0. The van der Waals surface area contributed by atoms with Gasteiger partial charge in [0.2, 0.25) is 0 Å². The van der Waals surface area contributed by atoms with Crippen LogP contribution in [0.2, 0.25) is 0 Å². The molecule has 200 valence electrons. The third-order valence-corrected chi connectivity index (χ3v) is 8.11. The standard InChI is InChI=1S/C40H35N/c1-5-12-28(13-6-2)32-24-33(29-14-8-7-9-15-29)26-35(25-32)41-34-21-18-30(19-22-34)31-20-23-37-36-16-10-11-17-38(36)40(3,4)39(37)27-31/h5-27,41H,1H2,2-4H3/b13-6-,28-12+. The fraction of sp³-hybridized carbons (Fsp3) is 0.100. The Morgan fingerprint density at radius 3 is 2.07 bits per heavy atom. The summed E-state index contributed by atoms with van der Waals surface area (Å²) in [6, 6.07) is 41.7. The first-order valence-corrected chi connectivity index (χ1v) is 14.3. The van der Waals surface area contributed by atoms with Crippen molar-refractivity contribution < 1.29 is 0 Å². The Morgan fingerprint density at radius 2 is 1.32 bits per heavy atom. The number of benzene rings is 5. The van der Waals surface area contributed by atoms with Gasteiger partial charge in [-0.3, -0.25) is 0 Å². The van der Waals surface area contributed by atoms with E-state index in [-0.39, 0.29) is 5.41 Å². The van der Waals surface area contributed by atoms with E-state index in [2.05, 4.69) is 159 Å². The predicted molar refractivity (Wildman–Crippen MR) is 178 cm³/mol. The van der Waals surface area contributed by atoms with Crippen LogP contribution in [0.4, 0.5) is 11.4 Å².